The molecule has 114 valence electrons. The number of nitriles is 1. The van der Waals surface area contributed by atoms with Gasteiger partial charge in [-0.25, -0.2) is 8.42 Å². The van der Waals surface area contributed by atoms with Crippen LogP contribution >= 0.6 is 0 Å². The molecule has 0 amide bonds. The molecule has 7 heteroatoms. The van der Waals surface area contributed by atoms with Gasteiger partial charge in [0.05, 0.1) is 6.07 Å². The van der Waals surface area contributed by atoms with E-state index in [0.29, 0.717) is 6.42 Å². The van der Waals surface area contributed by atoms with E-state index in [1.165, 1.54) is 0 Å². The molecule has 0 fully saturated rings. The number of carboxylic acid groups (broad SMARTS) is 1. The third kappa shape index (κ3) is 5.17. The van der Waals surface area contributed by atoms with Crippen molar-refractivity contribution in [3.8, 4) is 6.07 Å². The average molecular weight is 310 g/mol. The quantitative estimate of drug-likeness (QED) is 0.752. The van der Waals surface area contributed by atoms with E-state index in [0.717, 1.165) is 5.56 Å². The molecule has 0 bridgehead atoms. The van der Waals surface area contributed by atoms with Crippen molar-refractivity contribution in [3.05, 3.63) is 35.9 Å². The first-order valence-corrected chi connectivity index (χ1v) is 8.12. The third-order valence-electron chi connectivity index (χ3n) is 3.06. The fourth-order valence-corrected chi connectivity index (χ4v) is 3.21. The molecule has 0 saturated carbocycles. The first kappa shape index (κ1) is 17.1. The van der Waals surface area contributed by atoms with Crippen LogP contribution in [-0.2, 0) is 21.2 Å². The largest absolute Gasteiger partial charge is 0.480 e. The normalized spacial score (nSPS) is 14.1. The van der Waals surface area contributed by atoms with Crippen molar-refractivity contribution >= 4 is 16.0 Å². The number of hydrogen-bond acceptors (Lipinski definition) is 4. The lowest BCUT2D eigenvalue weighted by atomic mass is 10.1. The first-order valence-electron chi connectivity index (χ1n) is 6.58. The lowest BCUT2D eigenvalue weighted by Crippen LogP contribution is -2.44. The van der Waals surface area contributed by atoms with Crippen molar-refractivity contribution in [2.45, 2.75) is 37.5 Å². The zero-order valence-electron chi connectivity index (χ0n) is 11.7. The summed E-state index contributed by atoms with van der Waals surface area (Å²) in [7, 11) is -3.96. The number of aliphatic carboxylic acids is 1. The fraction of sp³-hybridized carbons (Fsp3) is 0.429. The van der Waals surface area contributed by atoms with Crippen molar-refractivity contribution in [2.24, 2.45) is 0 Å². The van der Waals surface area contributed by atoms with Gasteiger partial charge in [0.25, 0.3) is 0 Å². The van der Waals surface area contributed by atoms with Gasteiger partial charge < -0.3 is 5.11 Å². The Morgan fingerprint density at radius 3 is 2.48 bits per heavy atom. The van der Waals surface area contributed by atoms with Gasteiger partial charge in [0.1, 0.15) is 6.04 Å². The minimum atomic E-state index is -3.96. The number of benzene rings is 1. The highest BCUT2D eigenvalue weighted by Crippen LogP contribution is 2.09. The number of aryl methyl sites for hydroxylation is 1. The fourth-order valence-electron chi connectivity index (χ4n) is 1.85. The summed E-state index contributed by atoms with van der Waals surface area (Å²) in [4.78, 5) is 11.2. The smallest absolute Gasteiger partial charge is 0.321 e. The van der Waals surface area contributed by atoms with Crippen molar-refractivity contribution in [1.29, 1.82) is 5.26 Å². The second kappa shape index (κ2) is 7.76. The van der Waals surface area contributed by atoms with Crippen molar-refractivity contribution in [1.82, 2.24) is 4.72 Å². The molecule has 0 aliphatic heterocycles. The number of nitrogens with one attached hydrogen (secondary N) is 1. The third-order valence-corrected chi connectivity index (χ3v) is 4.86. The van der Waals surface area contributed by atoms with E-state index >= 15 is 0 Å². The number of sulfonamides is 1. The van der Waals surface area contributed by atoms with Gasteiger partial charge in [-0.3, -0.25) is 4.79 Å². The molecule has 1 rings (SSSR count). The van der Waals surface area contributed by atoms with Crippen LogP contribution in [0, 0.1) is 11.3 Å². The van der Waals surface area contributed by atoms with Crippen LogP contribution in [0.15, 0.2) is 30.3 Å². The number of carbonyl (C=O) groups is 1. The second-order valence-corrected chi connectivity index (χ2v) is 6.50. The molecule has 0 aromatic heterocycles. The Hall–Kier alpha value is -1.91. The van der Waals surface area contributed by atoms with Crippen LogP contribution in [0.25, 0.3) is 0 Å². The van der Waals surface area contributed by atoms with Crippen LogP contribution in [0.2, 0.25) is 0 Å². The van der Waals surface area contributed by atoms with E-state index < -0.39 is 27.3 Å². The van der Waals surface area contributed by atoms with Crippen LogP contribution in [0.4, 0.5) is 0 Å². The molecular weight excluding hydrogens is 292 g/mol. The van der Waals surface area contributed by atoms with Crippen molar-refractivity contribution in [2.75, 3.05) is 0 Å². The van der Waals surface area contributed by atoms with Crippen LogP contribution in [0.5, 0.6) is 0 Å². The molecule has 0 saturated heterocycles. The maximum Gasteiger partial charge on any atom is 0.321 e. The summed E-state index contributed by atoms with van der Waals surface area (Å²) in [6, 6.07) is 9.63. The topological polar surface area (TPSA) is 107 Å². The monoisotopic (exact) mass is 310 g/mol. The molecule has 0 heterocycles. The molecule has 0 aliphatic rings. The van der Waals surface area contributed by atoms with Gasteiger partial charge in [0, 0.05) is 0 Å². The summed E-state index contributed by atoms with van der Waals surface area (Å²) >= 11 is 0. The van der Waals surface area contributed by atoms with Crippen LogP contribution < -0.4 is 4.72 Å². The van der Waals surface area contributed by atoms with E-state index in [1.54, 1.807) is 13.0 Å². The van der Waals surface area contributed by atoms with Crippen LogP contribution in [-0.4, -0.2) is 30.8 Å². The molecule has 1 aromatic carbocycles. The molecule has 2 N–H and O–H groups in total. The molecule has 6 nitrogen and oxygen atoms in total. The van der Waals surface area contributed by atoms with Crippen LogP contribution in [0.1, 0.15) is 25.3 Å². The molecule has 1 unspecified atom stereocenters. The lowest BCUT2D eigenvalue weighted by Gasteiger charge is -2.16. The number of hydrogen-bond donors (Lipinski definition) is 2. The number of rotatable bonds is 8. The summed E-state index contributed by atoms with van der Waals surface area (Å²) < 4.78 is 26.0. The Bertz CT molecular complexity index is 608. The average Bonchev–Trinajstić information content (AvgIpc) is 2.45. The number of nitrogens with zero attached hydrogens (tertiary/aromatic N) is 1. The molecule has 0 radical (unpaired) electrons. The summed E-state index contributed by atoms with van der Waals surface area (Å²) in [5.74, 6) is -1.25. The van der Waals surface area contributed by atoms with Gasteiger partial charge in [-0.1, -0.05) is 37.3 Å². The van der Waals surface area contributed by atoms with E-state index in [4.69, 9.17) is 10.4 Å². The Balaban J connectivity index is 2.75. The number of carboxylic acids is 1. The van der Waals surface area contributed by atoms with Crippen molar-refractivity contribution < 1.29 is 18.3 Å². The van der Waals surface area contributed by atoms with Gasteiger partial charge in [-0.15, -0.1) is 0 Å². The van der Waals surface area contributed by atoms with Gasteiger partial charge in [-0.05, 0) is 24.8 Å². The van der Waals surface area contributed by atoms with E-state index in [9.17, 15) is 13.2 Å². The van der Waals surface area contributed by atoms with Gasteiger partial charge in [0.15, 0.2) is 5.25 Å². The summed E-state index contributed by atoms with van der Waals surface area (Å²) in [6.07, 6.45) is 0.668. The standard InChI is InChI=1S/C14H18N2O4S/c1-2-12(10-15)21(19,20)16-13(14(17)18)9-8-11-6-4-3-5-7-11/h3-7,12-13,16H,2,8-9H2,1H3,(H,17,18)/t12?,13-/m0/s1. The highest BCUT2D eigenvalue weighted by molar-refractivity contribution is 7.90. The SMILES string of the molecule is CCC(C#N)S(=O)(=O)N[C@@H](CCc1ccccc1)C(=O)O. The maximum absolute atomic E-state index is 11.9. The highest BCUT2D eigenvalue weighted by Gasteiger charge is 2.29. The summed E-state index contributed by atoms with van der Waals surface area (Å²) in [5.41, 5.74) is 0.926. The minimum absolute atomic E-state index is 0.108. The Kier molecular flexibility index (Phi) is 6.34. The van der Waals surface area contributed by atoms with E-state index in [2.05, 4.69) is 4.72 Å². The Morgan fingerprint density at radius 2 is 2.00 bits per heavy atom. The van der Waals surface area contributed by atoms with Gasteiger partial charge in [0.2, 0.25) is 10.0 Å². The zero-order chi connectivity index (χ0) is 15.9. The molecule has 2 atom stereocenters. The molecule has 0 spiro atoms. The molecule has 1 aromatic rings. The zero-order valence-corrected chi connectivity index (χ0v) is 12.5. The summed E-state index contributed by atoms with van der Waals surface area (Å²) in [6.45, 7) is 1.56. The predicted octanol–water partition coefficient (Wildman–Crippen LogP) is 1.29. The predicted molar refractivity (Wildman–Crippen MR) is 77.9 cm³/mol. The Morgan fingerprint density at radius 1 is 1.38 bits per heavy atom. The van der Waals surface area contributed by atoms with E-state index in [-0.39, 0.29) is 12.8 Å². The van der Waals surface area contributed by atoms with E-state index in [1.807, 2.05) is 30.3 Å². The van der Waals surface area contributed by atoms with Gasteiger partial charge >= 0.3 is 5.97 Å². The lowest BCUT2D eigenvalue weighted by molar-refractivity contribution is -0.139. The molecule has 0 aliphatic carbocycles. The maximum atomic E-state index is 11.9. The highest BCUT2D eigenvalue weighted by atomic mass is 32.2. The van der Waals surface area contributed by atoms with Crippen LogP contribution in [0.3, 0.4) is 0 Å². The molecular formula is C14H18N2O4S. The van der Waals surface area contributed by atoms with Gasteiger partial charge in [-0.2, -0.15) is 9.98 Å². The summed E-state index contributed by atoms with van der Waals surface area (Å²) in [5, 5.41) is 16.7. The molecule has 21 heavy (non-hydrogen) atoms. The Labute approximate surface area is 124 Å². The second-order valence-electron chi connectivity index (χ2n) is 4.60. The van der Waals surface area contributed by atoms with Crippen molar-refractivity contribution in [3.63, 3.8) is 0 Å². The first-order chi connectivity index (χ1) is 9.90. The minimum Gasteiger partial charge on any atom is -0.480 e.